The van der Waals surface area contributed by atoms with Gasteiger partial charge in [-0.3, -0.25) is 0 Å². The zero-order chi connectivity index (χ0) is 43.4. The van der Waals surface area contributed by atoms with Crippen LogP contribution in [-0.4, -0.2) is 37.0 Å². The molecule has 0 aliphatic rings. The summed E-state index contributed by atoms with van der Waals surface area (Å²) in [6, 6.07) is 28.3. The van der Waals surface area contributed by atoms with Crippen LogP contribution in [0.25, 0.3) is 33.1 Å². The van der Waals surface area contributed by atoms with Gasteiger partial charge in [0.25, 0.3) is 0 Å². The molecular formula is C50H50N6O5. The number of benzene rings is 5. The predicted octanol–water partition coefficient (Wildman–Crippen LogP) is 10.5. The number of aromatic nitrogens is 4. The van der Waals surface area contributed by atoms with E-state index in [0.717, 1.165) is 106 Å². The highest BCUT2D eigenvalue weighted by molar-refractivity contribution is 6.12. The Morgan fingerprint density at radius 3 is 1.75 bits per heavy atom. The molecule has 5 N–H and O–H groups in total. The number of aromatic carboxylic acids is 1. The van der Waals surface area contributed by atoms with Crippen LogP contribution < -0.4 is 15.7 Å². The Kier molecular flexibility index (Phi) is 12.3. The van der Waals surface area contributed by atoms with Crippen LogP contribution in [0.3, 0.4) is 0 Å². The minimum Gasteiger partial charge on any atom is -0.550 e. The fourth-order valence-electron chi connectivity index (χ4n) is 8.05. The molecule has 3 aromatic heterocycles. The lowest BCUT2D eigenvalue weighted by atomic mass is 9.93. The van der Waals surface area contributed by atoms with E-state index < -0.39 is 11.9 Å². The SMILES string of the molecule is CC(=O)[O-].CCc1cc(Cc2nc[nH]c2C)cc(C)c1Nc1ccc2c(-c3ccccc3C(=O)O)c3ccc(Nc4c(C)cc(Cc5[nH]cnc5C)cc4CC)cc3[o+]c2c1. The van der Waals surface area contributed by atoms with Crippen molar-refractivity contribution in [2.75, 3.05) is 10.6 Å². The molecule has 11 heteroatoms. The van der Waals surface area contributed by atoms with E-state index in [2.05, 4.69) is 89.5 Å². The number of anilines is 4. The number of aliphatic carboxylic acids is 1. The number of carboxylic acid groups (broad SMARTS) is 2. The molecule has 5 aromatic carbocycles. The average molecular weight is 815 g/mol. The van der Waals surface area contributed by atoms with Gasteiger partial charge in [-0.05, 0) is 117 Å². The van der Waals surface area contributed by atoms with Gasteiger partial charge in [-0.1, -0.05) is 56.3 Å². The molecule has 0 radical (unpaired) electrons. The van der Waals surface area contributed by atoms with Crippen molar-refractivity contribution in [2.24, 2.45) is 0 Å². The summed E-state index contributed by atoms with van der Waals surface area (Å²) in [4.78, 5) is 36.8. The third-order valence-corrected chi connectivity index (χ3v) is 11.0. The second kappa shape index (κ2) is 17.9. The molecule has 61 heavy (non-hydrogen) atoms. The van der Waals surface area contributed by atoms with Gasteiger partial charge in [0, 0.05) is 58.5 Å². The molecule has 310 valence electrons. The minimum absolute atomic E-state index is 0.234. The van der Waals surface area contributed by atoms with Crippen molar-refractivity contribution < 1.29 is 24.2 Å². The smallest absolute Gasteiger partial charge is 0.363 e. The first-order valence-corrected chi connectivity index (χ1v) is 20.4. The zero-order valence-corrected chi connectivity index (χ0v) is 35.5. The molecule has 0 spiro atoms. The summed E-state index contributed by atoms with van der Waals surface area (Å²) < 4.78 is 6.77. The van der Waals surface area contributed by atoms with Crippen molar-refractivity contribution in [3.8, 4) is 11.1 Å². The quantitative estimate of drug-likeness (QED) is 0.0595. The highest BCUT2D eigenvalue weighted by Crippen LogP contribution is 2.41. The number of hydrogen-bond acceptors (Lipinski definition) is 7. The van der Waals surface area contributed by atoms with Crippen LogP contribution in [0.15, 0.2) is 102 Å². The third kappa shape index (κ3) is 9.16. The van der Waals surface area contributed by atoms with Gasteiger partial charge in [-0.2, -0.15) is 0 Å². The normalized spacial score (nSPS) is 11.1. The second-order valence-corrected chi connectivity index (χ2v) is 15.4. The van der Waals surface area contributed by atoms with E-state index in [1.165, 1.54) is 22.3 Å². The first-order valence-electron chi connectivity index (χ1n) is 20.4. The fourth-order valence-corrected chi connectivity index (χ4v) is 8.05. The Hall–Kier alpha value is -7.27. The number of nitrogens with zero attached hydrogens (tertiary/aromatic N) is 2. The number of H-pyrrole nitrogens is 2. The lowest BCUT2D eigenvalue weighted by molar-refractivity contribution is -0.302. The third-order valence-electron chi connectivity index (χ3n) is 11.0. The molecule has 0 fully saturated rings. The number of aromatic amines is 2. The van der Waals surface area contributed by atoms with Crippen LogP contribution in [0.1, 0.15) is 87.3 Å². The molecule has 0 aliphatic heterocycles. The summed E-state index contributed by atoms with van der Waals surface area (Å²) in [5.74, 6) is -2.06. The van der Waals surface area contributed by atoms with Crippen LogP contribution in [-0.2, 0) is 30.5 Å². The van der Waals surface area contributed by atoms with E-state index in [4.69, 9.17) is 14.3 Å². The molecular weight excluding hydrogens is 765 g/mol. The fraction of sp³-hybridized carbons (Fsp3) is 0.220. The maximum Gasteiger partial charge on any atom is 0.363 e. The number of nitrogens with one attached hydrogen (secondary N) is 4. The van der Waals surface area contributed by atoms with Crippen molar-refractivity contribution in [3.63, 3.8) is 0 Å². The lowest BCUT2D eigenvalue weighted by Crippen LogP contribution is -2.16. The van der Waals surface area contributed by atoms with Crippen molar-refractivity contribution in [1.82, 2.24) is 19.9 Å². The second-order valence-electron chi connectivity index (χ2n) is 15.4. The summed E-state index contributed by atoms with van der Waals surface area (Å²) in [5.41, 5.74) is 18.3. The van der Waals surface area contributed by atoms with Gasteiger partial charge < -0.3 is 35.6 Å². The van der Waals surface area contributed by atoms with Gasteiger partial charge in [-0.15, -0.1) is 0 Å². The molecule has 8 aromatic rings. The van der Waals surface area contributed by atoms with Gasteiger partial charge in [0.2, 0.25) is 0 Å². The van der Waals surface area contributed by atoms with E-state index in [9.17, 15) is 9.90 Å². The number of hydrogen-bond donors (Lipinski definition) is 5. The molecule has 0 saturated heterocycles. The van der Waals surface area contributed by atoms with Crippen LogP contribution in [0.4, 0.5) is 22.7 Å². The van der Waals surface area contributed by atoms with Crippen molar-refractivity contribution in [3.05, 3.63) is 159 Å². The predicted molar refractivity (Wildman–Crippen MR) is 241 cm³/mol. The maximum atomic E-state index is 12.6. The molecule has 0 amide bonds. The molecule has 11 nitrogen and oxygen atoms in total. The van der Waals surface area contributed by atoms with E-state index in [-0.39, 0.29) is 5.56 Å². The average Bonchev–Trinajstić information content (AvgIpc) is 3.83. The summed E-state index contributed by atoms with van der Waals surface area (Å²) in [7, 11) is 0. The zero-order valence-electron chi connectivity index (χ0n) is 35.5. The van der Waals surface area contributed by atoms with Crippen LogP contribution in [0.2, 0.25) is 0 Å². The summed E-state index contributed by atoms with van der Waals surface area (Å²) in [5, 5.41) is 28.3. The Bertz CT molecular complexity index is 2760. The minimum atomic E-state index is -1.08. The van der Waals surface area contributed by atoms with E-state index >= 15 is 0 Å². The monoisotopic (exact) mass is 814 g/mol. The Morgan fingerprint density at radius 2 is 1.26 bits per heavy atom. The van der Waals surface area contributed by atoms with Crippen LogP contribution >= 0.6 is 0 Å². The van der Waals surface area contributed by atoms with E-state index in [1.807, 2.05) is 55.5 Å². The Labute approximate surface area is 355 Å². The topological polar surface area (TPSA) is 170 Å². The maximum absolute atomic E-state index is 12.6. The number of carboxylic acids is 2. The first kappa shape index (κ1) is 41.9. The van der Waals surface area contributed by atoms with Crippen molar-refractivity contribution in [1.29, 1.82) is 0 Å². The molecule has 0 atom stereocenters. The number of carbonyl (C=O) groups is 2. The summed E-state index contributed by atoms with van der Waals surface area (Å²) in [6.45, 7) is 13.7. The molecule has 8 rings (SSSR count). The van der Waals surface area contributed by atoms with E-state index in [0.29, 0.717) is 16.7 Å². The number of aryl methyl sites for hydroxylation is 6. The molecule has 0 aliphatic carbocycles. The van der Waals surface area contributed by atoms with E-state index in [1.54, 1.807) is 24.8 Å². The van der Waals surface area contributed by atoms with Crippen molar-refractivity contribution >= 4 is 56.6 Å². The number of carbonyl (C=O) groups excluding carboxylic acids is 1. The standard InChI is InChI=1S/C48H46N6O3.C2H4O2/c1-7-33-19-31(21-41-29(5)49-25-51-41)17-27(3)46(33)53-35-13-15-39-43(23-35)57-44-24-36(14-16-40(44)45(39)37-11-9-10-12-38(37)48(55)56)54-47-28(4)18-32(20-34(47)8-2)22-42-30(6)50-26-52-42;1-2(3)4/h9-20,23-26,53-54H,7-8,21-22H2,1-6H3,(H2-,49,50,51,52,55,56);1H3,(H,3,4). The largest absolute Gasteiger partial charge is 0.550 e. The highest BCUT2D eigenvalue weighted by Gasteiger charge is 2.25. The van der Waals surface area contributed by atoms with Crippen molar-refractivity contribution in [2.45, 2.75) is 74.1 Å². The summed E-state index contributed by atoms with van der Waals surface area (Å²) >= 11 is 0. The lowest BCUT2D eigenvalue weighted by Gasteiger charge is -2.17. The number of fused-ring (bicyclic) bond motifs is 2. The number of rotatable bonds is 12. The molecule has 0 saturated carbocycles. The number of imidazole rings is 2. The molecule has 0 unspecified atom stereocenters. The first-order chi connectivity index (χ1) is 29.3. The molecule has 0 bridgehead atoms. The summed E-state index contributed by atoms with van der Waals surface area (Å²) in [6.07, 6.45) is 6.76. The van der Waals surface area contributed by atoms with Gasteiger partial charge >= 0.3 is 17.1 Å². The van der Waals surface area contributed by atoms with Crippen LogP contribution in [0.5, 0.6) is 0 Å². The molecule has 3 heterocycles. The van der Waals surface area contributed by atoms with Crippen LogP contribution in [0, 0.1) is 27.7 Å². The Balaban J connectivity index is 0.00000134. The van der Waals surface area contributed by atoms with Gasteiger partial charge in [0.15, 0.2) is 0 Å². The Morgan fingerprint density at radius 1 is 0.721 bits per heavy atom. The van der Waals surface area contributed by atoms with Gasteiger partial charge in [-0.25, -0.2) is 19.2 Å². The van der Waals surface area contributed by atoms with Gasteiger partial charge in [0.05, 0.1) is 52.5 Å². The highest BCUT2D eigenvalue weighted by atomic mass is 16.4. The van der Waals surface area contributed by atoms with Gasteiger partial charge in [0.1, 0.15) is 0 Å².